The van der Waals surface area contributed by atoms with Gasteiger partial charge in [-0.05, 0) is 141 Å². The van der Waals surface area contributed by atoms with E-state index in [9.17, 15) is 0 Å². The number of hydrogen-bond donors (Lipinski definition) is 0. The maximum Gasteiger partial charge on any atom is 0.0476 e. The van der Waals surface area contributed by atoms with Crippen molar-refractivity contribution in [3.05, 3.63) is 149 Å². The predicted molar refractivity (Wildman–Crippen MR) is 211 cm³/mol. The number of hydrogen-bond acceptors (Lipinski definition) is 2. The van der Waals surface area contributed by atoms with Crippen LogP contribution in [0.2, 0.25) is 0 Å². The summed E-state index contributed by atoms with van der Waals surface area (Å²) in [4.78, 5) is 3.92. The lowest BCUT2D eigenvalue weighted by atomic mass is 9.83. The molecule has 3 aliphatic carbocycles. The van der Waals surface area contributed by atoms with E-state index in [1.807, 2.05) is 17.4 Å². The minimum absolute atomic E-state index is 1.12. The van der Waals surface area contributed by atoms with E-state index in [4.69, 9.17) is 6.42 Å². The second kappa shape index (κ2) is 10.8. The molecule has 3 aliphatic rings. The van der Waals surface area contributed by atoms with Gasteiger partial charge in [0.2, 0.25) is 0 Å². The van der Waals surface area contributed by atoms with Crippen LogP contribution in [0, 0.1) is 19.3 Å². The summed E-state index contributed by atoms with van der Waals surface area (Å²) in [5.41, 5.74) is 20.1. The minimum atomic E-state index is 1.12. The average molecular weight is 642 g/mol. The quantitative estimate of drug-likeness (QED) is 0.173. The van der Waals surface area contributed by atoms with E-state index in [1.54, 1.807) is 6.08 Å². The SMILES string of the molecule is C#C/C=C\c1ccc(N(c2ccc3c(c2)-c2c4cccc2-c2cccc-3c2-c2ccccc2-4)c2ccc3c4c(sc3c2)CCC=C4)cc1C. The van der Waals surface area contributed by atoms with Gasteiger partial charge >= 0.3 is 0 Å². The molecule has 1 nitrogen and oxygen atoms in total. The van der Waals surface area contributed by atoms with Gasteiger partial charge in [-0.15, -0.1) is 17.8 Å². The monoisotopic (exact) mass is 641 g/mol. The van der Waals surface area contributed by atoms with Crippen molar-refractivity contribution in [3.63, 3.8) is 0 Å². The highest BCUT2D eigenvalue weighted by molar-refractivity contribution is 7.19. The number of benzene rings is 6. The van der Waals surface area contributed by atoms with Crippen molar-refractivity contribution in [1.82, 2.24) is 0 Å². The first-order valence-electron chi connectivity index (χ1n) is 16.9. The summed E-state index contributed by atoms with van der Waals surface area (Å²) in [6, 6.07) is 43.4. The van der Waals surface area contributed by atoms with Crippen LogP contribution in [0.4, 0.5) is 17.1 Å². The molecule has 0 unspecified atom stereocenters. The summed E-state index contributed by atoms with van der Waals surface area (Å²) in [5, 5.41) is 1.35. The van der Waals surface area contributed by atoms with Crippen LogP contribution in [0.15, 0.2) is 127 Å². The van der Waals surface area contributed by atoms with Crippen LogP contribution >= 0.6 is 11.3 Å². The third-order valence-electron chi connectivity index (χ3n) is 10.5. The number of nitrogens with zero attached hydrogens (tertiary/aromatic N) is 1. The first kappa shape index (κ1) is 28.2. The van der Waals surface area contributed by atoms with Crippen LogP contribution in [0.1, 0.15) is 28.0 Å². The molecule has 0 saturated heterocycles. The fraction of sp³-hybridized carbons (Fsp3) is 0.0638. The predicted octanol–water partition coefficient (Wildman–Crippen LogP) is 13.2. The largest absolute Gasteiger partial charge is 0.310 e. The highest BCUT2D eigenvalue weighted by Gasteiger charge is 2.31. The standard InChI is InChI=1S/C47H31NS/c1-3-4-11-30-20-21-31(26-29(30)2)48(33-23-25-37-36-13-7-8-19-44(36)49-45(37)28-33)32-22-24-35-40-16-10-17-41-42-18-9-15-39(47(42)43(35)27-32)34-12-5-6-14-38(34)46(40)41/h1,4-7,9-18,20-28H,8,19H2,2H3/b11-4-. The molecule has 0 saturated carbocycles. The van der Waals surface area contributed by atoms with Crippen LogP contribution in [0.5, 0.6) is 0 Å². The Bertz CT molecular complexity index is 2620. The van der Waals surface area contributed by atoms with Gasteiger partial charge in [-0.3, -0.25) is 0 Å². The van der Waals surface area contributed by atoms with Crippen molar-refractivity contribution < 1.29 is 0 Å². The van der Waals surface area contributed by atoms with E-state index in [-0.39, 0.29) is 0 Å². The fourth-order valence-corrected chi connectivity index (χ4v) is 9.52. The van der Waals surface area contributed by atoms with Gasteiger partial charge in [0.15, 0.2) is 0 Å². The molecule has 49 heavy (non-hydrogen) atoms. The van der Waals surface area contributed by atoms with Crippen LogP contribution in [0.25, 0.3) is 77.9 Å². The van der Waals surface area contributed by atoms with Crippen LogP contribution in [-0.2, 0) is 6.42 Å². The topological polar surface area (TPSA) is 3.24 Å². The number of anilines is 3. The van der Waals surface area contributed by atoms with Crippen molar-refractivity contribution in [2.75, 3.05) is 4.90 Å². The van der Waals surface area contributed by atoms with Crippen molar-refractivity contribution in [3.8, 4) is 68.0 Å². The van der Waals surface area contributed by atoms with Crippen molar-refractivity contribution in [2.45, 2.75) is 19.8 Å². The van der Waals surface area contributed by atoms with E-state index >= 15 is 0 Å². The summed E-state index contributed by atoms with van der Waals surface area (Å²) in [6.45, 7) is 2.16. The van der Waals surface area contributed by atoms with Gasteiger partial charge in [0.1, 0.15) is 0 Å². The zero-order valence-electron chi connectivity index (χ0n) is 27.1. The maximum absolute atomic E-state index is 5.56. The molecular formula is C47H31NS. The van der Waals surface area contributed by atoms with E-state index < -0.39 is 0 Å². The van der Waals surface area contributed by atoms with Gasteiger partial charge in [0.25, 0.3) is 0 Å². The van der Waals surface area contributed by atoms with Gasteiger partial charge in [-0.1, -0.05) is 96.9 Å². The molecule has 1 aromatic heterocycles. The molecule has 0 fully saturated rings. The molecular weight excluding hydrogens is 611 g/mol. The highest BCUT2D eigenvalue weighted by Crippen LogP contribution is 2.57. The van der Waals surface area contributed by atoms with E-state index in [1.165, 1.54) is 81.7 Å². The first-order chi connectivity index (χ1) is 24.2. The van der Waals surface area contributed by atoms with Gasteiger partial charge < -0.3 is 4.90 Å². The Morgan fingerprint density at radius 1 is 0.653 bits per heavy atom. The smallest absolute Gasteiger partial charge is 0.0476 e. The van der Waals surface area contributed by atoms with E-state index in [2.05, 4.69) is 145 Å². The van der Waals surface area contributed by atoms with Gasteiger partial charge in [0, 0.05) is 32.0 Å². The third kappa shape index (κ3) is 4.20. The maximum atomic E-state index is 5.56. The van der Waals surface area contributed by atoms with E-state index in [0.29, 0.717) is 0 Å². The molecule has 0 aliphatic heterocycles. The number of aryl methyl sites for hydroxylation is 2. The second-order valence-electron chi connectivity index (χ2n) is 13.2. The lowest BCUT2D eigenvalue weighted by molar-refractivity contribution is 1.02. The van der Waals surface area contributed by atoms with Crippen molar-refractivity contribution in [2.24, 2.45) is 0 Å². The molecule has 0 N–H and O–H groups in total. The normalized spacial score (nSPS) is 13.1. The lowest BCUT2D eigenvalue weighted by Gasteiger charge is -2.28. The van der Waals surface area contributed by atoms with Crippen LogP contribution in [-0.4, -0.2) is 0 Å². The molecule has 2 heteroatoms. The summed E-state index contributed by atoms with van der Waals surface area (Å²) in [6.07, 6.45) is 16.2. The van der Waals surface area contributed by atoms with Gasteiger partial charge in [0.05, 0.1) is 0 Å². The lowest BCUT2D eigenvalue weighted by Crippen LogP contribution is -2.11. The molecule has 0 radical (unpaired) electrons. The molecule has 0 atom stereocenters. The Labute approximate surface area is 291 Å². The van der Waals surface area contributed by atoms with Crippen molar-refractivity contribution >= 4 is 50.6 Å². The number of thiophene rings is 1. The summed E-state index contributed by atoms with van der Waals surface area (Å²) in [7, 11) is 0. The zero-order valence-corrected chi connectivity index (χ0v) is 27.9. The second-order valence-corrected chi connectivity index (χ2v) is 14.3. The van der Waals surface area contributed by atoms with Gasteiger partial charge in [-0.2, -0.15) is 0 Å². The molecule has 0 amide bonds. The molecule has 230 valence electrons. The molecule has 6 aromatic carbocycles. The van der Waals surface area contributed by atoms with Crippen molar-refractivity contribution in [1.29, 1.82) is 0 Å². The van der Waals surface area contributed by atoms with Crippen LogP contribution in [0.3, 0.4) is 0 Å². The average Bonchev–Trinajstić information content (AvgIpc) is 3.46. The van der Waals surface area contributed by atoms with E-state index in [0.717, 1.165) is 35.5 Å². The third-order valence-corrected chi connectivity index (χ3v) is 11.7. The van der Waals surface area contributed by atoms with Crippen LogP contribution < -0.4 is 4.90 Å². The molecule has 0 spiro atoms. The number of allylic oxidation sites excluding steroid dienone is 2. The van der Waals surface area contributed by atoms with Gasteiger partial charge in [-0.25, -0.2) is 0 Å². The number of terminal acetylenes is 1. The first-order valence-corrected chi connectivity index (χ1v) is 17.8. The Kier molecular flexibility index (Phi) is 6.22. The molecule has 6 bridgehead atoms. The Morgan fingerprint density at radius 2 is 1.29 bits per heavy atom. The molecule has 1 heterocycles. The molecule has 7 aromatic rings. The zero-order chi connectivity index (χ0) is 32.6. The Morgan fingerprint density at radius 3 is 2.06 bits per heavy atom. The summed E-state index contributed by atoms with van der Waals surface area (Å²) >= 11 is 1.94. The highest BCUT2D eigenvalue weighted by atomic mass is 32.1. The fourth-order valence-electron chi connectivity index (χ4n) is 8.28. The number of fused-ring (bicyclic) bond motifs is 7. The summed E-state index contributed by atoms with van der Waals surface area (Å²) in [5.74, 6) is 2.64. The Hall–Kier alpha value is -5.88. The summed E-state index contributed by atoms with van der Waals surface area (Å²) < 4.78 is 1.33. The number of rotatable bonds is 4. The molecule has 10 rings (SSSR count). The minimum Gasteiger partial charge on any atom is -0.310 e. The Balaban J connectivity index is 1.22.